The Balaban J connectivity index is 0.00000112. The van der Waals surface area contributed by atoms with Gasteiger partial charge >= 0.3 is 0 Å². The minimum atomic E-state index is 0. The molecule has 1 aromatic carbocycles. The molecule has 1 aliphatic heterocycles. The quantitative estimate of drug-likeness (QED) is 0.842. The van der Waals surface area contributed by atoms with Gasteiger partial charge in [0.1, 0.15) is 0 Å². The number of nitrogens with one attached hydrogen (secondary N) is 1. The Morgan fingerprint density at radius 1 is 1.13 bits per heavy atom. The molecule has 0 amide bonds. The second-order valence-corrected chi connectivity index (χ2v) is 4.18. The van der Waals surface area contributed by atoms with Crippen LogP contribution in [0.15, 0.2) is 18.2 Å². The molecule has 5 heteroatoms. The van der Waals surface area contributed by atoms with Crippen LogP contribution in [0.4, 0.5) is 5.69 Å². The Morgan fingerprint density at radius 2 is 1.80 bits per heavy atom. The standard InChI is InChI=1S/C10H12Cl2N2.ClH/c11-8-1-2-10(9(12)7-8)14-5-3-13-4-6-14;/h1-2,7,13H,3-6H2;1H. The summed E-state index contributed by atoms with van der Waals surface area (Å²) in [6.07, 6.45) is 0. The van der Waals surface area contributed by atoms with E-state index < -0.39 is 0 Å². The van der Waals surface area contributed by atoms with E-state index in [1.54, 1.807) is 6.07 Å². The fourth-order valence-electron chi connectivity index (χ4n) is 1.64. The van der Waals surface area contributed by atoms with Gasteiger partial charge in [-0.3, -0.25) is 0 Å². The molecule has 0 radical (unpaired) electrons. The van der Waals surface area contributed by atoms with Crippen LogP contribution in [0.1, 0.15) is 0 Å². The lowest BCUT2D eigenvalue weighted by molar-refractivity contribution is 0.589. The third-order valence-corrected chi connectivity index (χ3v) is 2.91. The number of hydrogen-bond acceptors (Lipinski definition) is 2. The van der Waals surface area contributed by atoms with E-state index >= 15 is 0 Å². The van der Waals surface area contributed by atoms with Crippen molar-refractivity contribution in [3.63, 3.8) is 0 Å². The topological polar surface area (TPSA) is 15.3 Å². The Hall–Kier alpha value is -0.150. The van der Waals surface area contributed by atoms with E-state index in [1.807, 2.05) is 12.1 Å². The summed E-state index contributed by atoms with van der Waals surface area (Å²) in [7, 11) is 0. The van der Waals surface area contributed by atoms with Crippen molar-refractivity contribution in [1.82, 2.24) is 5.32 Å². The van der Waals surface area contributed by atoms with Gasteiger partial charge in [-0.15, -0.1) is 12.4 Å². The molecule has 0 saturated carbocycles. The summed E-state index contributed by atoms with van der Waals surface area (Å²) in [5.41, 5.74) is 1.08. The van der Waals surface area contributed by atoms with Gasteiger partial charge in [0, 0.05) is 31.2 Å². The Kier molecular flexibility index (Phi) is 5.00. The van der Waals surface area contributed by atoms with E-state index in [4.69, 9.17) is 23.2 Å². The van der Waals surface area contributed by atoms with Gasteiger partial charge < -0.3 is 10.2 Å². The van der Waals surface area contributed by atoms with Crippen molar-refractivity contribution in [3.05, 3.63) is 28.2 Å². The predicted octanol–water partition coefficient (Wildman–Crippen LogP) is 2.82. The lowest BCUT2D eigenvalue weighted by atomic mass is 10.2. The summed E-state index contributed by atoms with van der Waals surface area (Å²) >= 11 is 12.0. The van der Waals surface area contributed by atoms with Gasteiger partial charge in [0.25, 0.3) is 0 Å². The van der Waals surface area contributed by atoms with Gasteiger partial charge in [-0.2, -0.15) is 0 Å². The molecule has 2 rings (SSSR count). The minimum absolute atomic E-state index is 0. The minimum Gasteiger partial charge on any atom is -0.368 e. The number of anilines is 1. The summed E-state index contributed by atoms with van der Waals surface area (Å²) < 4.78 is 0. The Bertz CT molecular complexity index is 324. The molecule has 0 aromatic heterocycles. The molecule has 1 aromatic rings. The summed E-state index contributed by atoms with van der Waals surface area (Å²) in [5.74, 6) is 0. The number of nitrogens with zero attached hydrogens (tertiary/aromatic N) is 1. The lowest BCUT2D eigenvalue weighted by Crippen LogP contribution is -2.43. The number of piperazine rings is 1. The van der Waals surface area contributed by atoms with Crippen molar-refractivity contribution >= 4 is 41.3 Å². The highest BCUT2D eigenvalue weighted by Crippen LogP contribution is 2.28. The molecule has 0 unspecified atom stereocenters. The summed E-state index contributed by atoms with van der Waals surface area (Å²) in [6, 6.07) is 5.65. The molecule has 2 nitrogen and oxygen atoms in total. The van der Waals surface area contributed by atoms with E-state index in [9.17, 15) is 0 Å². The second-order valence-electron chi connectivity index (χ2n) is 3.33. The maximum atomic E-state index is 6.12. The van der Waals surface area contributed by atoms with Gasteiger partial charge in [-0.25, -0.2) is 0 Å². The summed E-state index contributed by atoms with van der Waals surface area (Å²) in [4.78, 5) is 2.27. The molecule has 0 atom stereocenters. The Morgan fingerprint density at radius 3 is 2.40 bits per heavy atom. The van der Waals surface area contributed by atoms with Crippen LogP contribution in [0.3, 0.4) is 0 Å². The van der Waals surface area contributed by atoms with Gasteiger partial charge in [0.2, 0.25) is 0 Å². The predicted molar refractivity (Wildman–Crippen MR) is 68.8 cm³/mol. The summed E-state index contributed by atoms with van der Waals surface area (Å²) in [5, 5.41) is 4.73. The van der Waals surface area contributed by atoms with Crippen LogP contribution in [0.5, 0.6) is 0 Å². The molecule has 1 heterocycles. The van der Waals surface area contributed by atoms with Crippen LogP contribution in [0, 0.1) is 0 Å². The van der Waals surface area contributed by atoms with E-state index in [1.165, 1.54) is 0 Å². The maximum Gasteiger partial charge on any atom is 0.0654 e. The van der Waals surface area contributed by atoms with Crippen molar-refractivity contribution in [2.45, 2.75) is 0 Å². The van der Waals surface area contributed by atoms with Crippen molar-refractivity contribution in [1.29, 1.82) is 0 Å². The van der Waals surface area contributed by atoms with E-state index in [0.29, 0.717) is 5.02 Å². The third kappa shape index (κ3) is 3.15. The first-order valence-corrected chi connectivity index (χ1v) is 5.44. The van der Waals surface area contributed by atoms with Crippen LogP contribution in [-0.2, 0) is 0 Å². The molecular formula is C10H13Cl3N2. The maximum absolute atomic E-state index is 6.12. The number of hydrogen-bond donors (Lipinski definition) is 1. The fraction of sp³-hybridized carbons (Fsp3) is 0.400. The zero-order chi connectivity index (χ0) is 9.97. The first kappa shape index (κ1) is 12.9. The van der Waals surface area contributed by atoms with Crippen LogP contribution in [0.25, 0.3) is 0 Å². The normalized spacial score (nSPS) is 16.0. The SMILES string of the molecule is Cl.Clc1ccc(N2CCNCC2)c(Cl)c1. The van der Waals surface area contributed by atoms with E-state index in [0.717, 1.165) is 36.9 Å². The molecule has 1 N–H and O–H groups in total. The zero-order valence-electron chi connectivity index (χ0n) is 8.17. The summed E-state index contributed by atoms with van der Waals surface area (Å²) in [6.45, 7) is 4.03. The average Bonchev–Trinajstić information content (AvgIpc) is 2.19. The zero-order valence-corrected chi connectivity index (χ0v) is 10.5. The van der Waals surface area contributed by atoms with Gasteiger partial charge in [-0.05, 0) is 18.2 Å². The molecule has 1 fully saturated rings. The highest BCUT2D eigenvalue weighted by molar-refractivity contribution is 6.36. The average molecular weight is 268 g/mol. The Labute approximate surface area is 106 Å². The van der Waals surface area contributed by atoms with Gasteiger partial charge in [0.15, 0.2) is 0 Å². The van der Waals surface area contributed by atoms with Gasteiger partial charge in [-0.1, -0.05) is 23.2 Å². The molecule has 0 spiro atoms. The van der Waals surface area contributed by atoms with Gasteiger partial charge in [0.05, 0.1) is 10.7 Å². The van der Waals surface area contributed by atoms with Crippen LogP contribution < -0.4 is 10.2 Å². The molecule has 84 valence electrons. The van der Waals surface area contributed by atoms with Crippen molar-refractivity contribution in [2.24, 2.45) is 0 Å². The highest BCUT2D eigenvalue weighted by atomic mass is 35.5. The number of benzene rings is 1. The molecular weight excluding hydrogens is 254 g/mol. The van der Waals surface area contributed by atoms with Crippen LogP contribution in [-0.4, -0.2) is 26.2 Å². The van der Waals surface area contributed by atoms with Crippen LogP contribution >= 0.6 is 35.6 Å². The smallest absolute Gasteiger partial charge is 0.0654 e. The molecule has 0 aliphatic carbocycles. The molecule has 1 saturated heterocycles. The van der Waals surface area contributed by atoms with E-state index in [2.05, 4.69) is 10.2 Å². The molecule has 1 aliphatic rings. The highest BCUT2D eigenvalue weighted by Gasteiger charge is 2.12. The molecule has 0 bridgehead atoms. The molecule has 15 heavy (non-hydrogen) atoms. The second kappa shape index (κ2) is 5.80. The third-order valence-electron chi connectivity index (χ3n) is 2.37. The van der Waals surface area contributed by atoms with Crippen molar-refractivity contribution in [3.8, 4) is 0 Å². The fourth-order valence-corrected chi connectivity index (χ4v) is 2.17. The lowest BCUT2D eigenvalue weighted by Gasteiger charge is -2.30. The first-order valence-electron chi connectivity index (χ1n) is 4.68. The van der Waals surface area contributed by atoms with Crippen molar-refractivity contribution in [2.75, 3.05) is 31.1 Å². The van der Waals surface area contributed by atoms with E-state index in [-0.39, 0.29) is 12.4 Å². The van der Waals surface area contributed by atoms with Crippen molar-refractivity contribution < 1.29 is 0 Å². The number of halogens is 3. The largest absolute Gasteiger partial charge is 0.368 e. The van der Waals surface area contributed by atoms with Crippen LogP contribution in [0.2, 0.25) is 10.0 Å². The first-order chi connectivity index (χ1) is 6.77. The number of rotatable bonds is 1. The monoisotopic (exact) mass is 266 g/mol.